The summed E-state index contributed by atoms with van der Waals surface area (Å²) in [5, 5.41) is 0. The molecule has 0 aliphatic carbocycles. The van der Waals surface area contributed by atoms with Crippen LogP contribution in [-0.2, 0) is 17.6 Å². The Labute approximate surface area is 109 Å². The predicted octanol–water partition coefficient (Wildman–Crippen LogP) is 2.30. The van der Waals surface area contributed by atoms with Gasteiger partial charge in [0, 0.05) is 25.1 Å². The highest BCUT2D eigenvalue weighted by molar-refractivity contribution is 5.83. The summed E-state index contributed by atoms with van der Waals surface area (Å²) >= 11 is 0. The lowest BCUT2D eigenvalue weighted by molar-refractivity contribution is -0.117. The molecule has 2 N–H and O–H groups in total. The average Bonchev–Trinajstić information content (AvgIpc) is 2.33. The Bertz CT molecular complexity index is 614. The van der Waals surface area contributed by atoms with E-state index >= 15 is 0 Å². The summed E-state index contributed by atoms with van der Waals surface area (Å²) < 4.78 is 26.1. The predicted molar refractivity (Wildman–Crippen MR) is 67.4 cm³/mol. The Morgan fingerprint density at radius 1 is 1.16 bits per heavy atom. The molecule has 0 bridgehead atoms. The number of halogens is 2. The second kappa shape index (κ2) is 5.56. The topological polar surface area (TPSA) is 56.0 Å². The number of benzene rings is 1. The molecule has 0 aliphatic rings. The molecule has 0 aliphatic heterocycles. The van der Waals surface area contributed by atoms with Gasteiger partial charge in [-0.2, -0.15) is 0 Å². The van der Waals surface area contributed by atoms with Gasteiger partial charge in [0.1, 0.15) is 23.2 Å². The number of ketones is 1. The highest BCUT2D eigenvalue weighted by Gasteiger charge is 2.10. The molecule has 0 amide bonds. The minimum absolute atomic E-state index is 0.0751. The molecule has 0 atom stereocenters. The number of hydrogen-bond acceptors (Lipinski definition) is 3. The van der Waals surface area contributed by atoms with Crippen LogP contribution in [0, 0.1) is 11.6 Å². The van der Waals surface area contributed by atoms with Gasteiger partial charge in [-0.25, -0.2) is 13.8 Å². The van der Waals surface area contributed by atoms with Crippen molar-refractivity contribution in [2.24, 2.45) is 0 Å². The number of nitrogen functional groups attached to an aromatic ring is 1. The van der Waals surface area contributed by atoms with Gasteiger partial charge >= 0.3 is 0 Å². The first-order valence-electron chi connectivity index (χ1n) is 5.70. The molecule has 5 heteroatoms. The zero-order valence-corrected chi connectivity index (χ0v) is 10.1. The van der Waals surface area contributed by atoms with Crippen LogP contribution in [0.2, 0.25) is 0 Å². The number of hydrogen-bond donors (Lipinski definition) is 1. The van der Waals surface area contributed by atoms with Crippen LogP contribution >= 0.6 is 0 Å². The Hall–Kier alpha value is -2.30. The van der Waals surface area contributed by atoms with E-state index in [9.17, 15) is 13.6 Å². The number of carbonyl (C=O) groups is 1. The van der Waals surface area contributed by atoms with Gasteiger partial charge in [-0.3, -0.25) is 4.79 Å². The number of carbonyl (C=O) groups excluding carboxylic acids is 1. The van der Waals surface area contributed by atoms with Crippen LogP contribution in [0.1, 0.15) is 11.1 Å². The Morgan fingerprint density at radius 2 is 1.95 bits per heavy atom. The maximum Gasteiger partial charge on any atom is 0.141 e. The fourth-order valence-electron chi connectivity index (χ4n) is 1.77. The molecule has 1 aromatic heterocycles. The van der Waals surface area contributed by atoms with E-state index in [1.54, 1.807) is 12.1 Å². The third kappa shape index (κ3) is 3.58. The zero-order chi connectivity index (χ0) is 13.8. The summed E-state index contributed by atoms with van der Waals surface area (Å²) in [6.45, 7) is 0. The van der Waals surface area contributed by atoms with Crippen molar-refractivity contribution < 1.29 is 13.6 Å². The third-order valence-corrected chi connectivity index (χ3v) is 2.65. The molecular weight excluding hydrogens is 250 g/mol. The lowest BCUT2D eigenvalue weighted by Crippen LogP contribution is -2.08. The second-order valence-electron chi connectivity index (χ2n) is 4.22. The number of rotatable bonds is 4. The first-order valence-corrected chi connectivity index (χ1v) is 5.70. The average molecular weight is 262 g/mol. The van der Waals surface area contributed by atoms with Crippen molar-refractivity contribution in [2.45, 2.75) is 12.8 Å². The van der Waals surface area contributed by atoms with E-state index in [4.69, 9.17) is 5.73 Å². The first kappa shape index (κ1) is 13.1. The zero-order valence-electron chi connectivity index (χ0n) is 10.1. The van der Waals surface area contributed by atoms with Gasteiger partial charge in [0.15, 0.2) is 0 Å². The second-order valence-corrected chi connectivity index (χ2v) is 4.22. The van der Waals surface area contributed by atoms with Gasteiger partial charge in [-0.15, -0.1) is 0 Å². The summed E-state index contributed by atoms with van der Waals surface area (Å²) in [4.78, 5) is 15.6. The Morgan fingerprint density at radius 3 is 2.63 bits per heavy atom. The van der Waals surface area contributed by atoms with Gasteiger partial charge in [0.2, 0.25) is 0 Å². The van der Waals surface area contributed by atoms with Gasteiger partial charge in [0.25, 0.3) is 0 Å². The normalized spacial score (nSPS) is 10.4. The molecule has 0 spiro atoms. The summed E-state index contributed by atoms with van der Waals surface area (Å²) in [6.07, 6.45) is 1.58. The molecule has 2 aromatic rings. The summed E-state index contributed by atoms with van der Waals surface area (Å²) in [6, 6.07) is 6.46. The molecule has 98 valence electrons. The minimum atomic E-state index is -0.706. The van der Waals surface area contributed by atoms with Crippen molar-refractivity contribution >= 4 is 11.6 Å². The lowest BCUT2D eigenvalue weighted by Gasteiger charge is -2.04. The number of pyridine rings is 1. The third-order valence-electron chi connectivity index (χ3n) is 2.65. The number of nitrogens with zero attached hydrogens (tertiary/aromatic N) is 1. The van der Waals surface area contributed by atoms with Crippen molar-refractivity contribution in [3.63, 3.8) is 0 Å². The molecular formula is C14H12F2N2O. The monoisotopic (exact) mass is 262 g/mol. The van der Waals surface area contributed by atoms with Crippen molar-refractivity contribution in [3.8, 4) is 0 Å². The standard InChI is InChI=1S/C14H12F2N2O/c15-11-2-1-10(13(16)8-11)7-12(19)5-9-3-4-18-14(17)6-9/h1-4,6,8H,5,7H2,(H2,17,18). The highest BCUT2D eigenvalue weighted by Crippen LogP contribution is 2.12. The van der Waals surface area contributed by atoms with Crippen molar-refractivity contribution in [2.75, 3.05) is 5.73 Å². The van der Waals surface area contributed by atoms with Gasteiger partial charge in [-0.05, 0) is 29.3 Å². The van der Waals surface area contributed by atoms with E-state index in [0.29, 0.717) is 5.82 Å². The molecule has 0 saturated carbocycles. The van der Waals surface area contributed by atoms with Crippen molar-refractivity contribution in [1.82, 2.24) is 4.98 Å². The molecule has 0 saturated heterocycles. The smallest absolute Gasteiger partial charge is 0.141 e. The molecule has 1 aromatic carbocycles. The van der Waals surface area contributed by atoms with Crippen LogP contribution in [0.25, 0.3) is 0 Å². The maximum absolute atomic E-state index is 13.4. The summed E-state index contributed by atoms with van der Waals surface area (Å²) in [5.41, 5.74) is 6.41. The summed E-state index contributed by atoms with van der Waals surface area (Å²) in [5.74, 6) is -1.20. The highest BCUT2D eigenvalue weighted by atomic mass is 19.1. The van der Waals surface area contributed by atoms with Gasteiger partial charge < -0.3 is 5.73 Å². The van der Waals surface area contributed by atoms with E-state index in [2.05, 4.69) is 4.98 Å². The van der Waals surface area contributed by atoms with E-state index in [1.165, 1.54) is 12.3 Å². The van der Waals surface area contributed by atoms with Crippen LogP contribution in [0.4, 0.5) is 14.6 Å². The van der Waals surface area contributed by atoms with Gasteiger partial charge in [0.05, 0.1) is 0 Å². The summed E-state index contributed by atoms with van der Waals surface area (Å²) in [7, 11) is 0. The number of nitrogens with two attached hydrogens (primary N) is 1. The maximum atomic E-state index is 13.4. The van der Waals surface area contributed by atoms with Gasteiger partial charge in [-0.1, -0.05) is 6.07 Å². The molecule has 2 rings (SSSR count). The molecule has 0 fully saturated rings. The van der Waals surface area contributed by atoms with E-state index < -0.39 is 11.6 Å². The van der Waals surface area contributed by atoms with Crippen molar-refractivity contribution in [1.29, 1.82) is 0 Å². The Kier molecular flexibility index (Phi) is 3.85. The molecule has 19 heavy (non-hydrogen) atoms. The lowest BCUT2D eigenvalue weighted by atomic mass is 10.0. The number of anilines is 1. The number of Topliss-reactive ketones (excluding diaryl/α,β-unsaturated/α-hetero) is 1. The van der Waals surface area contributed by atoms with Crippen LogP contribution < -0.4 is 5.73 Å². The molecule has 1 heterocycles. The molecule has 3 nitrogen and oxygen atoms in total. The fraction of sp³-hybridized carbons (Fsp3) is 0.143. The SMILES string of the molecule is Nc1cc(CC(=O)Cc2ccc(F)cc2F)ccn1. The van der Waals surface area contributed by atoms with Crippen molar-refractivity contribution in [3.05, 3.63) is 59.3 Å². The van der Waals surface area contributed by atoms with E-state index in [1.807, 2.05) is 0 Å². The largest absolute Gasteiger partial charge is 0.384 e. The van der Waals surface area contributed by atoms with Crippen LogP contribution in [0.5, 0.6) is 0 Å². The first-order chi connectivity index (χ1) is 9.04. The molecule has 0 unspecified atom stereocenters. The van der Waals surface area contributed by atoms with Crippen LogP contribution in [-0.4, -0.2) is 10.8 Å². The van der Waals surface area contributed by atoms with Crippen LogP contribution in [0.15, 0.2) is 36.5 Å². The Balaban J connectivity index is 2.05. The fourth-order valence-corrected chi connectivity index (χ4v) is 1.77. The van der Waals surface area contributed by atoms with Crippen LogP contribution in [0.3, 0.4) is 0 Å². The van der Waals surface area contributed by atoms with E-state index in [-0.39, 0.29) is 24.2 Å². The molecule has 0 radical (unpaired) electrons. The number of aromatic nitrogens is 1. The quantitative estimate of drug-likeness (QED) is 0.919. The van der Waals surface area contributed by atoms with E-state index in [0.717, 1.165) is 17.7 Å². The minimum Gasteiger partial charge on any atom is -0.384 e.